The summed E-state index contributed by atoms with van der Waals surface area (Å²) in [6.45, 7) is 5.85. The second-order valence-corrected chi connectivity index (χ2v) is 7.62. The molecule has 0 saturated heterocycles. The zero-order valence-corrected chi connectivity index (χ0v) is 16.7. The summed E-state index contributed by atoms with van der Waals surface area (Å²) in [6, 6.07) is 14.3. The standard InChI is InChI=1S/C21H26N2O3S/c1-4-5-15-6-8-16(9-7-15)20(24)22-17-10-12-18(13-11-17)27-23-19(14(2)3)21(25)26/h6-14,19,23H,4-5H2,1-3H3,(H,22,24)(H,25,26)/t19-/m1/s1. The van der Waals surface area contributed by atoms with Gasteiger partial charge >= 0.3 is 5.97 Å². The molecule has 2 aromatic rings. The quantitative estimate of drug-likeness (QED) is 0.549. The van der Waals surface area contributed by atoms with Gasteiger partial charge in [-0.15, -0.1) is 0 Å². The van der Waals surface area contributed by atoms with Gasteiger partial charge in [-0.1, -0.05) is 39.3 Å². The molecule has 0 aromatic heterocycles. The van der Waals surface area contributed by atoms with E-state index < -0.39 is 12.0 Å². The van der Waals surface area contributed by atoms with Crippen molar-refractivity contribution in [1.29, 1.82) is 0 Å². The molecular formula is C21H26N2O3S. The summed E-state index contributed by atoms with van der Waals surface area (Å²) in [5.41, 5.74) is 2.54. The van der Waals surface area contributed by atoms with E-state index in [1.54, 1.807) is 12.1 Å². The lowest BCUT2D eigenvalue weighted by atomic mass is 10.1. The molecule has 0 aliphatic rings. The molecule has 0 aliphatic heterocycles. The summed E-state index contributed by atoms with van der Waals surface area (Å²) >= 11 is 1.27. The first-order valence-corrected chi connectivity index (χ1v) is 9.88. The molecule has 0 bridgehead atoms. The number of nitrogens with one attached hydrogen (secondary N) is 2. The summed E-state index contributed by atoms with van der Waals surface area (Å²) < 4.78 is 2.97. The van der Waals surface area contributed by atoms with Gasteiger partial charge < -0.3 is 10.4 Å². The smallest absolute Gasteiger partial charge is 0.321 e. The maximum atomic E-state index is 12.3. The Morgan fingerprint density at radius 3 is 2.19 bits per heavy atom. The van der Waals surface area contributed by atoms with E-state index in [0.29, 0.717) is 11.3 Å². The minimum absolute atomic E-state index is 0.0164. The van der Waals surface area contributed by atoms with Gasteiger partial charge in [-0.2, -0.15) is 0 Å². The minimum atomic E-state index is -0.869. The maximum Gasteiger partial charge on any atom is 0.321 e. The highest BCUT2D eigenvalue weighted by Crippen LogP contribution is 2.20. The second-order valence-electron chi connectivity index (χ2n) is 6.71. The van der Waals surface area contributed by atoms with Gasteiger partial charge in [0.2, 0.25) is 0 Å². The molecule has 1 atom stereocenters. The fraction of sp³-hybridized carbons (Fsp3) is 0.333. The predicted molar refractivity (Wildman–Crippen MR) is 110 cm³/mol. The van der Waals surface area contributed by atoms with E-state index in [1.165, 1.54) is 17.5 Å². The Balaban J connectivity index is 1.92. The van der Waals surface area contributed by atoms with E-state index in [-0.39, 0.29) is 11.8 Å². The lowest BCUT2D eigenvalue weighted by molar-refractivity contribution is -0.139. The number of carbonyl (C=O) groups is 2. The van der Waals surface area contributed by atoms with Crippen LogP contribution in [0.3, 0.4) is 0 Å². The Morgan fingerprint density at radius 1 is 1.04 bits per heavy atom. The van der Waals surface area contributed by atoms with Crippen LogP contribution in [0.2, 0.25) is 0 Å². The number of carboxylic acids is 1. The highest BCUT2D eigenvalue weighted by molar-refractivity contribution is 7.97. The average Bonchev–Trinajstić information content (AvgIpc) is 2.63. The number of rotatable bonds is 9. The van der Waals surface area contributed by atoms with E-state index in [9.17, 15) is 14.7 Å². The molecule has 2 rings (SSSR count). The van der Waals surface area contributed by atoms with Crippen molar-refractivity contribution in [2.45, 2.75) is 44.6 Å². The van der Waals surface area contributed by atoms with Crippen LogP contribution in [0, 0.1) is 5.92 Å². The van der Waals surface area contributed by atoms with E-state index >= 15 is 0 Å². The molecule has 0 fully saturated rings. The summed E-state index contributed by atoms with van der Waals surface area (Å²) in [5, 5.41) is 12.1. The average molecular weight is 387 g/mol. The van der Waals surface area contributed by atoms with Gasteiger partial charge in [0.1, 0.15) is 6.04 Å². The molecule has 0 saturated carbocycles. The van der Waals surface area contributed by atoms with Gasteiger partial charge in [-0.3, -0.25) is 9.59 Å². The summed E-state index contributed by atoms with van der Waals surface area (Å²) in [4.78, 5) is 24.4. The van der Waals surface area contributed by atoms with E-state index in [2.05, 4.69) is 17.0 Å². The second kappa shape index (κ2) is 10.1. The SMILES string of the molecule is CCCc1ccc(C(=O)Nc2ccc(SN[C@@H](C(=O)O)C(C)C)cc2)cc1. The van der Waals surface area contributed by atoms with Crippen LogP contribution in [0.4, 0.5) is 5.69 Å². The molecule has 0 heterocycles. The molecule has 0 spiro atoms. The third kappa shape index (κ3) is 6.41. The predicted octanol–water partition coefficient (Wildman–Crippen LogP) is 4.60. The van der Waals surface area contributed by atoms with Gasteiger partial charge in [0, 0.05) is 16.1 Å². The number of amides is 1. The number of carboxylic acid groups (broad SMARTS) is 1. The molecular weight excluding hydrogens is 360 g/mol. The van der Waals surface area contributed by atoms with Crippen molar-refractivity contribution in [3.8, 4) is 0 Å². The third-order valence-electron chi connectivity index (χ3n) is 4.10. The van der Waals surface area contributed by atoms with E-state index in [1.807, 2.05) is 50.2 Å². The van der Waals surface area contributed by atoms with Crippen LogP contribution in [0.5, 0.6) is 0 Å². The monoisotopic (exact) mass is 386 g/mol. The van der Waals surface area contributed by atoms with Crippen LogP contribution in [0.1, 0.15) is 43.1 Å². The summed E-state index contributed by atoms with van der Waals surface area (Å²) in [5.74, 6) is -1.04. The van der Waals surface area contributed by atoms with E-state index in [0.717, 1.165) is 17.7 Å². The van der Waals surface area contributed by atoms with Crippen molar-refractivity contribution in [1.82, 2.24) is 4.72 Å². The van der Waals surface area contributed by atoms with Crippen molar-refractivity contribution >= 4 is 29.5 Å². The fourth-order valence-electron chi connectivity index (χ4n) is 2.52. The first-order valence-electron chi connectivity index (χ1n) is 9.06. The first kappa shape index (κ1) is 21.0. The van der Waals surface area contributed by atoms with Gasteiger partial charge in [0.15, 0.2) is 0 Å². The highest BCUT2D eigenvalue weighted by atomic mass is 32.2. The third-order valence-corrected chi connectivity index (χ3v) is 4.98. The number of hydrogen-bond donors (Lipinski definition) is 3. The lowest BCUT2D eigenvalue weighted by Gasteiger charge is -2.17. The number of aryl methyl sites for hydroxylation is 1. The van der Waals surface area contributed by atoms with Crippen LogP contribution in [-0.4, -0.2) is 23.0 Å². The van der Waals surface area contributed by atoms with Gasteiger partial charge in [-0.25, -0.2) is 4.72 Å². The molecule has 0 unspecified atom stereocenters. The Labute approximate surface area is 164 Å². The molecule has 6 heteroatoms. The largest absolute Gasteiger partial charge is 0.480 e. The fourth-order valence-corrected chi connectivity index (χ4v) is 3.43. The number of carbonyl (C=O) groups excluding carboxylic acids is 1. The molecule has 0 radical (unpaired) electrons. The van der Waals surface area contributed by atoms with Gasteiger partial charge in [-0.05, 0) is 66.2 Å². The molecule has 5 nitrogen and oxygen atoms in total. The molecule has 144 valence electrons. The Bertz CT molecular complexity index is 758. The molecule has 3 N–H and O–H groups in total. The van der Waals surface area contributed by atoms with Crippen LogP contribution in [0.15, 0.2) is 53.4 Å². The van der Waals surface area contributed by atoms with Crippen molar-refractivity contribution in [2.75, 3.05) is 5.32 Å². The summed E-state index contributed by atoms with van der Waals surface area (Å²) in [7, 11) is 0. The van der Waals surface area contributed by atoms with Crippen molar-refractivity contribution < 1.29 is 14.7 Å². The lowest BCUT2D eigenvalue weighted by Crippen LogP contribution is -2.36. The molecule has 27 heavy (non-hydrogen) atoms. The first-order chi connectivity index (χ1) is 12.9. The van der Waals surface area contributed by atoms with Crippen molar-refractivity contribution in [3.05, 3.63) is 59.7 Å². The number of benzene rings is 2. The Hall–Kier alpha value is -2.31. The van der Waals surface area contributed by atoms with Crippen LogP contribution in [0.25, 0.3) is 0 Å². The topological polar surface area (TPSA) is 78.4 Å². The van der Waals surface area contributed by atoms with E-state index in [4.69, 9.17) is 0 Å². The number of aliphatic carboxylic acids is 1. The normalized spacial score (nSPS) is 12.0. The highest BCUT2D eigenvalue weighted by Gasteiger charge is 2.20. The zero-order chi connectivity index (χ0) is 19.8. The molecule has 2 aromatic carbocycles. The Kier molecular flexibility index (Phi) is 7.88. The molecule has 1 amide bonds. The van der Waals surface area contributed by atoms with Crippen molar-refractivity contribution in [2.24, 2.45) is 5.92 Å². The van der Waals surface area contributed by atoms with Gasteiger partial charge in [0.25, 0.3) is 5.91 Å². The van der Waals surface area contributed by atoms with Gasteiger partial charge in [0.05, 0.1) is 0 Å². The maximum absolute atomic E-state index is 12.3. The molecule has 0 aliphatic carbocycles. The zero-order valence-electron chi connectivity index (χ0n) is 15.9. The Morgan fingerprint density at radius 2 is 1.67 bits per heavy atom. The summed E-state index contributed by atoms with van der Waals surface area (Å²) in [6.07, 6.45) is 2.09. The van der Waals surface area contributed by atoms with Crippen LogP contribution >= 0.6 is 11.9 Å². The van der Waals surface area contributed by atoms with Crippen LogP contribution in [-0.2, 0) is 11.2 Å². The number of anilines is 1. The van der Waals surface area contributed by atoms with Crippen molar-refractivity contribution in [3.63, 3.8) is 0 Å². The minimum Gasteiger partial charge on any atom is -0.480 e. The number of hydrogen-bond acceptors (Lipinski definition) is 4. The van der Waals surface area contributed by atoms with Crippen LogP contribution < -0.4 is 10.0 Å².